The summed E-state index contributed by atoms with van der Waals surface area (Å²) in [6.07, 6.45) is 5.06. The molecule has 0 spiro atoms. The van der Waals surface area contributed by atoms with Gasteiger partial charge in [-0.05, 0) is 61.6 Å². The number of carbonyl (C=O) groups is 1. The summed E-state index contributed by atoms with van der Waals surface area (Å²) in [5.41, 5.74) is 0.934. The molecule has 0 aromatic heterocycles. The fourth-order valence-corrected chi connectivity index (χ4v) is 3.23. The molecular weight excluding hydrogens is 281 g/mol. The largest absolute Gasteiger partial charge is 0.396 e. The SMILES string of the molecule is CC(CC(=O)NC1CCC(CO)CC1)Cc1cccc(F)c1. The summed E-state index contributed by atoms with van der Waals surface area (Å²) >= 11 is 0. The van der Waals surface area contributed by atoms with Crippen molar-refractivity contribution >= 4 is 5.91 Å². The van der Waals surface area contributed by atoms with Crippen molar-refractivity contribution in [2.75, 3.05) is 6.61 Å². The van der Waals surface area contributed by atoms with Crippen molar-refractivity contribution in [3.63, 3.8) is 0 Å². The number of benzene rings is 1. The molecule has 0 heterocycles. The maximum absolute atomic E-state index is 13.2. The minimum absolute atomic E-state index is 0.0800. The normalized spacial score (nSPS) is 23.0. The molecule has 1 aliphatic rings. The molecule has 1 unspecified atom stereocenters. The Morgan fingerprint density at radius 2 is 2.09 bits per heavy atom. The molecule has 2 N–H and O–H groups in total. The smallest absolute Gasteiger partial charge is 0.220 e. The lowest BCUT2D eigenvalue weighted by Crippen LogP contribution is -2.38. The zero-order valence-electron chi connectivity index (χ0n) is 13.2. The van der Waals surface area contributed by atoms with Crippen molar-refractivity contribution in [3.05, 3.63) is 35.6 Å². The molecule has 1 aromatic rings. The highest BCUT2D eigenvalue weighted by Gasteiger charge is 2.22. The van der Waals surface area contributed by atoms with E-state index < -0.39 is 0 Å². The summed E-state index contributed by atoms with van der Waals surface area (Å²) in [7, 11) is 0. The lowest BCUT2D eigenvalue weighted by molar-refractivity contribution is -0.122. The third-order valence-corrected chi connectivity index (χ3v) is 4.48. The predicted molar refractivity (Wildman–Crippen MR) is 84.9 cm³/mol. The molecule has 2 rings (SSSR count). The third-order valence-electron chi connectivity index (χ3n) is 4.48. The van der Waals surface area contributed by atoms with Crippen molar-refractivity contribution < 1.29 is 14.3 Å². The van der Waals surface area contributed by atoms with E-state index in [4.69, 9.17) is 5.11 Å². The standard InChI is InChI=1S/C18H26FNO2/c1-13(9-15-3-2-4-16(19)11-15)10-18(22)20-17-7-5-14(12-21)6-8-17/h2-4,11,13-14,17,21H,5-10,12H2,1H3,(H,20,22). The van der Waals surface area contributed by atoms with Crippen molar-refractivity contribution in [1.29, 1.82) is 0 Å². The van der Waals surface area contributed by atoms with Crippen LogP contribution in [0.2, 0.25) is 0 Å². The maximum Gasteiger partial charge on any atom is 0.220 e. The number of rotatable bonds is 6. The van der Waals surface area contributed by atoms with E-state index in [-0.39, 0.29) is 30.3 Å². The number of aliphatic hydroxyl groups is 1. The number of nitrogens with one attached hydrogen (secondary N) is 1. The second-order valence-electron chi connectivity index (χ2n) is 6.61. The highest BCUT2D eigenvalue weighted by Crippen LogP contribution is 2.24. The van der Waals surface area contributed by atoms with Crippen LogP contribution >= 0.6 is 0 Å². The van der Waals surface area contributed by atoms with E-state index >= 15 is 0 Å². The summed E-state index contributed by atoms with van der Waals surface area (Å²) in [6, 6.07) is 6.82. The van der Waals surface area contributed by atoms with Gasteiger partial charge >= 0.3 is 0 Å². The van der Waals surface area contributed by atoms with E-state index in [0.717, 1.165) is 31.2 Å². The second kappa shape index (κ2) is 8.28. The molecule has 1 aliphatic carbocycles. The van der Waals surface area contributed by atoms with Crippen molar-refractivity contribution in [2.24, 2.45) is 11.8 Å². The van der Waals surface area contributed by atoms with Gasteiger partial charge in [-0.3, -0.25) is 4.79 Å². The Bertz CT molecular complexity index is 484. The van der Waals surface area contributed by atoms with Gasteiger partial charge in [-0.25, -0.2) is 4.39 Å². The number of hydrogen-bond acceptors (Lipinski definition) is 2. The van der Waals surface area contributed by atoms with E-state index in [1.54, 1.807) is 6.07 Å². The lowest BCUT2D eigenvalue weighted by atomic mass is 9.86. The molecule has 3 nitrogen and oxygen atoms in total. The molecule has 1 atom stereocenters. The minimum atomic E-state index is -0.227. The zero-order chi connectivity index (χ0) is 15.9. The molecule has 0 radical (unpaired) electrons. The molecule has 1 saturated carbocycles. The second-order valence-corrected chi connectivity index (χ2v) is 6.61. The first-order chi connectivity index (χ1) is 10.6. The average molecular weight is 307 g/mol. The van der Waals surface area contributed by atoms with Gasteiger partial charge in [0, 0.05) is 19.1 Å². The average Bonchev–Trinajstić information content (AvgIpc) is 2.47. The van der Waals surface area contributed by atoms with Crippen molar-refractivity contribution in [1.82, 2.24) is 5.32 Å². The molecule has 0 saturated heterocycles. The number of halogens is 1. The first-order valence-corrected chi connectivity index (χ1v) is 8.21. The fraction of sp³-hybridized carbons (Fsp3) is 0.611. The van der Waals surface area contributed by atoms with Gasteiger partial charge in [-0.2, -0.15) is 0 Å². The van der Waals surface area contributed by atoms with Crippen molar-refractivity contribution in [3.8, 4) is 0 Å². The highest BCUT2D eigenvalue weighted by atomic mass is 19.1. The van der Waals surface area contributed by atoms with E-state index in [1.807, 2.05) is 13.0 Å². The molecule has 1 fully saturated rings. The van der Waals surface area contributed by atoms with E-state index in [9.17, 15) is 9.18 Å². The van der Waals surface area contributed by atoms with E-state index in [1.165, 1.54) is 12.1 Å². The maximum atomic E-state index is 13.2. The first kappa shape index (κ1) is 16.9. The Balaban J connectivity index is 1.72. The number of hydrogen-bond donors (Lipinski definition) is 2. The quantitative estimate of drug-likeness (QED) is 0.848. The summed E-state index contributed by atoms with van der Waals surface area (Å²) in [5, 5.41) is 12.2. The van der Waals surface area contributed by atoms with Gasteiger partial charge in [0.15, 0.2) is 0 Å². The van der Waals surface area contributed by atoms with Gasteiger partial charge in [0.25, 0.3) is 0 Å². The number of amides is 1. The molecule has 1 amide bonds. The summed E-state index contributed by atoms with van der Waals surface area (Å²) in [4.78, 5) is 12.1. The summed E-state index contributed by atoms with van der Waals surface area (Å²) < 4.78 is 13.2. The van der Waals surface area contributed by atoms with Gasteiger partial charge in [0.2, 0.25) is 5.91 Å². The predicted octanol–water partition coefficient (Wildman–Crippen LogP) is 3.06. The van der Waals surface area contributed by atoms with E-state index in [0.29, 0.717) is 18.8 Å². The number of carbonyl (C=O) groups excluding carboxylic acids is 1. The first-order valence-electron chi connectivity index (χ1n) is 8.21. The van der Waals surface area contributed by atoms with Crippen LogP contribution in [-0.4, -0.2) is 23.7 Å². The molecule has 22 heavy (non-hydrogen) atoms. The molecule has 1 aromatic carbocycles. The van der Waals surface area contributed by atoms with Crippen LogP contribution in [0.1, 0.15) is 44.6 Å². The third kappa shape index (κ3) is 5.41. The van der Waals surface area contributed by atoms with Gasteiger partial charge in [-0.1, -0.05) is 19.1 Å². The van der Waals surface area contributed by atoms with Crippen LogP contribution in [0, 0.1) is 17.7 Å². The van der Waals surface area contributed by atoms with Crippen LogP contribution in [0.15, 0.2) is 24.3 Å². The van der Waals surface area contributed by atoms with Crippen LogP contribution in [0.5, 0.6) is 0 Å². The summed E-state index contributed by atoms with van der Waals surface area (Å²) in [6.45, 7) is 2.28. The Labute approximate surface area is 131 Å². The molecule has 0 bridgehead atoms. The Morgan fingerprint density at radius 3 is 2.73 bits per heavy atom. The van der Waals surface area contributed by atoms with Crippen LogP contribution in [0.4, 0.5) is 4.39 Å². The van der Waals surface area contributed by atoms with Gasteiger partial charge in [0.05, 0.1) is 0 Å². The lowest BCUT2D eigenvalue weighted by Gasteiger charge is -2.28. The van der Waals surface area contributed by atoms with Crippen LogP contribution in [0.25, 0.3) is 0 Å². The van der Waals surface area contributed by atoms with Crippen LogP contribution < -0.4 is 5.32 Å². The van der Waals surface area contributed by atoms with Gasteiger partial charge < -0.3 is 10.4 Å². The fourth-order valence-electron chi connectivity index (χ4n) is 3.23. The Hall–Kier alpha value is -1.42. The van der Waals surface area contributed by atoms with Gasteiger partial charge in [0.1, 0.15) is 5.82 Å². The monoisotopic (exact) mass is 307 g/mol. The Morgan fingerprint density at radius 1 is 1.36 bits per heavy atom. The molecule has 0 aliphatic heterocycles. The molecule has 122 valence electrons. The topological polar surface area (TPSA) is 49.3 Å². The summed E-state index contributed by atoms with van der Waals surface area (Å²) in [5.74, 6) is 0.446. The van der Waals surface area contributed by atoms with Crippen molar-refractivity contribution in [2.45, 2.75) is 51.5 Å². The van der Waals surface area contributed by atoms with Crippen LogP contribution in [-0.2, 0) is 11.2 Å². The number of aliphatic hydroxyl groups excluding tert-OH is 1. The minimum Gasteiger partial charge on any atom is -0.396 e. The molecular formula is C18H26FNO2. The molecule has 4 heteroatoms. The van der Waals surface area contributed by atoms with Crippen LogP contribution in [0.3, 0.4) is 0 Å². The van der Waals surface area contributed by atoms with Gasteiger partial charge in [-0.15, -0.1) is 0 Å². The zero-order valence-corrected chi connectivity index (χ0v) is 13.2. The Kier molecular flexibility index (Phi) is 6.37. The van der Waals surface area contributed by atoms with E-state index in [2.05, 4.69) is 5.32 Å². The highest BCUT2D eigenvalue weighted by molar-refractivity contribution is 5.76.